The molecule has 0 spiro atoms. The Bertz CT molecular complexity index is 1500. The number of fused-ring (bicyclic) bond motifs is 1. The highest BCUT2D eigenvalue weighted by atomic mass is 32.2. The number of methoxy groups -OCH3 is 1. The van der Waals surface area contributed by atoms with E-state index in [0.717, 1.165) is 34.2 Å². The fraction of sp³-hybridized carbons (Fsp3) is 0.323. The summed E-state index contributed by atoms with van der Waals surface area (Å²) >= 11 is 1.19. The van der Waals surface area contributed by atoms with E-state index in [2.05, 4.69) is 17.2 Å². The number of aromatic nitrogens is 1. The largest absolute Gasteiger partial charge is 0.506 e. The molecule has 0 saturated heterocycles. The first kappa shape index (κ1) is 30.0. The van der Waals surface area contributed by atoms with Gasteiger partial charge in [-0.25, -0.2) is 9.79 Å². The van der Waals surface area contributed by atoms with E-state index in [1.807, 2.05) is 42.0 Å². The van der Waals surface area contributed by atoms with Crippen LogP contribution in [0.1, 0.15) is 31.9 Å². The number of nitrogens with zero attached hydrogens (tertiary/aromatic N) is 2. The summed E-state index contributed by atoms with van der Waals surface area (Å²) in [6.45, 7) is 7.40. The lowest BCUT2D eigenvalue weighted by Gasteiger charge is -2.09. The van der Waals surface area contributed by atoms with Crippen LogP contribution in [-0.2, 0) is 32.0 Å². The summed E-state index contributed by atoms with van der Waals surface area (Å²) in [5, 5.41) is 15.4. The number of aryl methyl sites for hydroxylation is 1. The summed E-state index contributed by atoms with van der Waals surface area (Å²) in [6, 6.07) is 13.2. The average molecular weight is 578 g/mol. The number of aliphatic imine (C=N–C) groups is 1. The molecule has 10 heteroatoms. The van der Waals surface area contributed by atoms with E-state index in [1.165, 1.54) is 11.8 Å². The summed E-state index contributed by atoms with van der Waals surface area (Å²) in [6.07, 6.45) is 4.50. The first-order valence-electron chi connectivity index (χ1n) is 13.6. The Morgan fingerprint density at radius 3 is 2.56 bits per heavy atom. The number of carbonyl (C=O) groups is 2. The van der Waals surface area contributed by atoms with Gasteiger partial charge >= 0.3 is 5.97 Å². The highest BCUT2D eigenvalue weighted by Gasteiger charge is 2.33. The number of para-hydroxylation sites is 1. The Kier molecular flexibility index (Phi) is 10.3. The quantitative estimate of drug-likeness (QED) is 0.214. The van der Waals surface area contributed by atoms with Gasteiger partial charge in [-0.3, -0.25) is 4.79 Å². The van der Waals surface area contributed by atoms with Crippen molar-refractivity contribution in [3.8, 4) is 5.75 Å². The Hall–Kier alpha value is -4.02. The van der Waals surface area contributed by atoms with Crippen LogP contribution in [0.2, 0.25) is 0 Å². The minimum absolute atomic E-state index is 0.0208. The summed E-state index contributed by atoms with van der Waals surface area (Å²) in [5.74, 6) is -0.247. The molecule has 0 atom stereocenters. The van der Waals surface area contributed by atoms with Crippen LogP contribution in [0.15, 0.2) is 69.9 Å². The number of aliphatic hydroxyl groups is 1. The van der Waals surface area contributed by atoms with Crippen molar-refractivity contribution in [2.75, 3.05) is 33.5 Å². The maximum atomic E-state index is 12.9. The third-order valence-electron chi connectivity index (χ3n) is 6.37. The second kappa shape index (κ2) is 14.0. The second-order valence-electron chi connectivity index (χ2n) is 9.12. The Morgan fingerprint density at radius 2 is 1.88 bits per heavy atom. The number of aliphatic hydroxyl groups excluding tert-OH is 1. The predicted octanol–water partition coefficient (Wildman–Crippen LogP) is 5.56. The van der Waals surface area contributed by atoms with Gasteiger partial charge in [-0.05, 0) is 56.2 Å². The summed E-state index contributed by atoms with van der Waals surface area (Å²) in [4.78, 5) is 30.7. The molecule has 4 rings (SSSR count). The zero-order chi connectivity index (χ0) is 29.4. The number of amides is 1. The van der Waals surface area contributed by atoms with Crippen LogP contribution >= 0.6 is 11.8 Å². The molecular formula is C31H35N3O6S. The van der Waals surface area contributed by atoms with Crippen molar-refractivity contribution in [3.63, 3.8) is 0 Å². The molecule has 2 N–H and O–H groups in total. The molecule has 2 heterocycles. The van der Waals surface area contributed by atoms with E-state index < -0.39 is 5.97 Å². The highest BCUT2D eigenvalue weighted by molar-refractivity contribution is 8.18. The summed E-state index contributed by atoms with van der Waals surface area (Å²) in [5.41, 5.74) is 3.48. The van der Waals surface area contributed by atoms with Crippen molar-refractivity contribution in [1.82, 2.24) is 9.88 Å². The number of hydrogen-bond donors (Lipinski definition) is 2. The van der Waals surface area contributed by atoms with Crippen molar-refractivity contribution >= 4 is 51.3 Å². The first-order valence-corrected chi connectivity index (χ1v) is 14.4. The van der Waals surface area contributed by atoms with Crippen molar-refractivity contribution in [2.24, 2.45) is 4.99 Å². The molecule has 1 amide bonds. The maximum Gasteiger partial charge on any atom is 0.344 e. The van der Waals surface area contributed by atoms with Gasteiger partial charge < -0.3 is 29.2 Å². The number of hydrogen-bond acceptors (Lipinski definition) is 8. The van der Waals surface area contributed by atoms with Crippen LogP contribution in [0.3, 0.4) is 0 Å². The predicted molar refractivity (Wildman–Crippen MR) is 163 cm³/mol. The van der Waals surface area contributed by atoms with Gasteiger partial charge in [0.1, 0.15) is 28.7 Å². The number of benzene rings is 2. The molecule has 0 unspecified atom stereocenters. The SMILES string of the molecule is CCOC(=O)C1=C(O)/C(=C/c2cn(CC(=O)NCCOC)c3c(CC)cccc23)SC1=Nc1ccc(OCC)cc1. The zero-order valence-corrected chi connectivity index (χ0v) is 24.5. The van der Waals surface area contributed by atoms with E-state index in [9.17, 15) is 14.7 Å². The topological polar surface area (TPSA) is 111 Å². The lowest BCUT2D eigenvalue weighted by molar-refractivity contribution is -0.138. The zero-order valence-electron chi connectivity index (χ0n) is 23.7. The van der Waals surface area contributed by atoms with Crippen LogP contribution in [0.25, 0.3) is 17.0 Å². The number of esters is 1. The van der Waals surface area contributed by atoms with Crippen molar-refractivity contribution in [2.45, 2.75) is 33.7 Å². The third kappa shape index (κ3) is 7.01. The van der Waals surface area contributed by atoms with Crippen LogP contribution in [0.5, 0.6) is 5.75 Å². The van der Waals surface area contributed by atoms with E-state index in [-0.39, 0.29) is 30.4 Å². The molecule has 0 aliphatic carbocycles. The van der Waals surface area contributed by atoms with Crippen LogP contribution < -0.4 is 10.1 Å². The smallest absolute Gasteiger partial charge is 0.344 e. The average Bonchev–Trinajstić information content (AvgIpc) is 3.46. The molecule has 0 radical (unpaired) electrons. The lowest BCUT2D eigenvalue weighted by Crippen LogP contribution is -2.30. The van der Waals surface area contributed by atoms with E-state index >= 15 is 0 Å². The first-order chi connectivity index (χ1) is 19.9. The minimum Gasteiger partial charge on any atom is -0.506 e. The standard InChI is InChI=1S/C31H35N3O6S/c1-5-20-9-8-10-24-21(18-34(28(20)24)19-26(35)32-15-16-38-4)17-25-29(36)27(31(37)40-7-3)30(41-25)33-22-11-13-23(14-12-22)39-6-2/h8-14,17-18,36H,5-7,15-16,19H2,1-4H3,(H,32,35)/b25-17-,33-30?. The fourth-order valence-corrected chi connectivity index (χ4v) is 5.55. The van der Waals surface area contributed by atoms with E-state index in [4.69, 9.17) is 14.2 Å². The molecule has 41 heavy (non-hydrogen) atoms. The second-order valence-corrected chi connectivity index (χ2v) is 10.2. The molecule has 2 aromatic carbocycles. The Balaban J connectivity index is 1.74. The number of rotatable bonds is 12. The Morgan fingerprint density at radius 1 is 1.10 bits per heavy atom. The normalized spacial score (nSPS) is 15.2. The fourth-order valence-electron chi connectivity index (χ4n) is 4.53. The molecule has 1 aliphatic heterocycles. The molecule has 3 aromatic rings. The van der Waals surface area contributed by atoms with Gasteiger partial charge in [-0.15, -0.1) is 0 Å². The van der Waals surface area contributed by atoms with E-state index in [1.54, 1.807) is 38.3 Å². The number of ether oxygens (including phenoxy) is 3. The minimum atomic E-state index is -0.644. The Labute approximate surface area is 243 Å². The highest BCUT2D eigenvalue weighted by Crippen LogP contribution is 2.41. The lowest BCUT2D eigenvalue weighted by atomic mass is 10.1. The summed E-state index contributed by atoms with van der Waals surface area (Å²) in [7, 11) is 1.59. The van der Waals surface area contributed by atoms with Crippen LogP contribution in [0.4, 0.5) is 5.69 Å². The van der Waals surface area contributed by atoms with Gasteiger partial charge in [-0.1, -0.05) is 36.9 Å². The van der Waals surface area contributed by atoms with Gasteiger partial charge in [0, 0.05) is 30.8 Å². The van der Waals surface area contributed by atoms with Gasteiger partial charge in [-0.2, -0.15) is 0 Å². The van der Waals surface area contributed by atoms with Gasteiger partial charge in [0.05, 0.1) is 35.9 Å². The van der Waals surface area contributed by atoms with Crippen molar-refractivity contribution in [1.29, 1.82) is 0 Å². The van der Waals surface area contributed by atoms with Gasteiger partial charge in [0.15, 0.2) is 0 Å². The maximum absolute atomic E-state index is 12.9. The molecule has 9 nitrogen and oxygen atoms in total. The van der Waals surface area contributed by atoms with E-state index in [0.29, 0.717) is 35.4 Å². The third-order valence-corrected chi connectivity index (χ3v) is 7.39. The molecule has 0 bridgehead atoms. The molecule has 1 aliphatic rings. The number of nitrogens with one attached hydrogen (secondary N) is 1. The van der Waals surface area contributed by atoms with Gasteiger partial charge in [0.25, 0.3) is 0 Å². The number of thioether (sulfide) groups is 1. The van der Waals surface area contributed by atoms with Crippen LogP contribution in [0, 0.1) is 0 Å². The molecular weight excluding hydrogens is 542 g/mol. The number of carbonyl (C=O) groups excluding carboxylic acids is 2. The van der Waals surface area contributed by atoms with Crippen molar-refractivity contribution < 1.29 is 28.9 Å². The van der Waals surface area contributed by atoms with Gasteiger partial charge in [0.2, 0.25) is 5.91 Å². The molecule has 0 saturated carbocycles. The molecule has 1 aromatic heterocycles. The molecule has 216 valence electrons. The monoisotopic (exact) mass is 577 g/mol. The van der Waals surface area contributed by atoms with Crippen LogP contribution in [-0.4, -0.2) is 60.1 Å². The molecule has 0 fully saturated rings. The summed E-state index contributed by atoms with van der Waals surface area (Å²) < 4.78 is 17.7. The van der Waals surface area contributed by atoms with Crippen molar-refractivity contribution in [3.05, 3.63) is 76.0 Å².